The van der Waals surface area contributed by atoms with E-state index in [1.165, 1.54) is 16.3 Å². The molecule has 67 valence electrons. The van der Waals surface area contributed by atoms with Crippen molar-refractivity contribution in [3.63, 3.8) is 0 Å². The lowest BCUT2D eigenvalue weighted by Crippen LogP contribution is -1.88. The van der Waals surface area contributed by atoms with Crippen LogP contribution in [0.4, 0.5) is 0 Å². The zero-order chi connectivity index (χ0) is 9.54. The molecule has 1 aliphatic heterocycles. The van der Waals surface area contributed by atoms with Crippen LogP contribution in [0.3, 0.4) is 0 Å². The standard InChI is InChI=1S/C12H9OSi/c14-12-11(13-12)10-7-3-5-8-4-1-2-6-9(8)10/h1-7,11-12H/t11-,12+/m0/s1. The number of rotatable bonds is 1. The maximum atomic E-state index is 5.42. The fourth-order valence-corrected chi connectivity index (χ4v) is 2.17. The van der Waals surface area contributed by atoms with E-state index in [-0.39, 0.29) is 11.8 Å². The van der Waals surface area contributed by atoms with Crippen molar-refractivity contribution in [3.8, 4) is 0 Å². The van der Waals surface area contributed by atoms with Crippen LogP contribution in [0.2, 0.25) is 0 Å². The monoisotopic (exact) mass is 197 g/mol. The topological polar surface area (TPSA) is 12.5 Å². The summed E-state index contributed by atoms with van der Waals surface area (Å²) in [6, 6.07) is 14.7. The lowest BCUT2D eigenvalue weighted by molar-refractivity contribution is 0.405. The van der Waals surface area contributed by atoms with E-state index in [1.54, 1.807) is 0 Å². The van der Waals surface area contributed by atoms with Gasteiger partial charge >= 0.3 is 0 Å². The molecule has 0 amide bonds. The Labute approximate surface area is 86.1 Å². The maximum Gasteiger partial charge on any atom is 0.105 e. The van der Waals surface area contributed by atoms with Gasteiger partial charge in [-0.1, -0.05) is 42.5 Å². The van der Waals surface area contributed by atoms with E-state index in [0.717, 1.165) is 0 Å². The molecule has 2 aromatic carbocycles. The molecule has 14 heavy (non-hydrogen) atoms. The molecule has 0 aromatic heterocycles. The fourth-order valence-electron chi connectivity index (χ4n) is 1.85. The van der Waals surface area contributed by atoms with E-state index < -0.39 is 0 Å². The van der Waals surface area contributed by atoms with Crippen LogP contribution in [-0.4, -0.2) is 16.0 Å². The van der Waals surface area contributed by atoms with Crippen molar-refractivity contribution >= 4 is 21.0 Å². The van der Waals surface area contributed by atoms with Crippen molar-refractivity contribution in [3.05, 3.63) is 48.0 Å². The number of hydrogen-bond donors (Lipinski definition) is 0. The molecular formula is C12H9OSi. The highest BCUT2D eigenvalue weighted by Gasteiger charge is 2.36. The van der Waals surface area contributed by atoms with Crippen molar-refractivity contribution in [1.29, 1.82) is 0 Å². The first-order chi connectivity index (χ1) is 6.86. The van der Waals surface area contributed by atoms with Gasteiger partial charge in [0.2, 0.25) is 0 Å². The van der Waals surface area contributed by atoms with E-state index in [0.29, 0.717) is 0 Å². The first-order valence-corrected chi connectivity index (χ1v) is 5.28. The van der Waals surface area contributed by atoms with Crippen molar-refractivity contribution in [1.82, 2.24) is 0 Å². The summed E-state index contributed by atoms with van der Waals surface area (Å²) in [5.74, 6) is 0. The number of fused-ring (bicyclic) bond motifs is 1. The molecule has 0 aliphatic carbocycles. The third kappa shape index (κ3) is 1.19. The minimum absolute atomic E-state index is 0.195. The van der Waals surface area contributed by atoms with Crippen molar-refractivity contribution in [2.45, 2.75) is 11.8 Å². The van der Waals surface area contributed by atoms with Crippen molar-refractivity contribution in [2.75, 3.05) is 0 Å². The molecule has 0 N–H and O–H groups in total. The summed E-state index contributed by atoms with van der Waals surface area (Å²) in [7, 11) is 3.50. The molecule has 2 heteroatoms. The fraction of sp³-hybridized carbons (Fsp3) is 0.167. The first-order valence-electron chi connectivity index (χ1n) is 4.70. The zero-order valence-corrected chi connectivity index (χ0v) is 8.60. The Morgan fingerprint density at radius 2 is 1.71 bits per heavy atom. The Bertz CT molecular complexity index is 475. The van der Waals surface area contributed by atoms with Crippen molar-refractivity contribution < 1.29 is 4.74 Å². The highest BCUT2D eigenvalue weighted by atomic mass is 28.1. The summed E-state index contributed by atoms with van der Waals surface area (Å²) in [6.45, 7) is 0. The SMILES string of the molecule is [Si][C@H]1O[C@H]1c1cccc2ccccc12. The number of epoxide rings is 1. The van der Waals surface area contributed by atoms with Gasteiger partial charge in [0.15, 0.2) is 0 Å². The van der Waals surface area contributed by atoms with Crippen LogP contribution in [0.5, 0.6) is 0 Å². The van der Waals surface area contributed by atoms with Crippen LogP contribution in [0, 0.1) is 0 Å². The summed E-state index contributed by atoms with van der Waals surface area (Å²) in [6.07, 6.45) is 0.234. The number of ether oxygens (including phenoxy) is 1. The molecule has 1 saturated heterocycles. The van der Waals surface area contributed by atoms with E-state index in [9.17, 15) is 0 Å². The summed E-state index contributed by atoms with van der Waals surface area (Å²) in [4.78, 5) is 0. The highest BCUT2D eigenvalue weighted by Crippen LogP contribution is 2.39. The molecule has 0 unspecified atom stereocenters. The largest absolute Gasteiger partial charge is 0.369 e. The number of hydrogen-bond acceptors (Lipinski definition) is 1. The molecule has 0 bridgehead atoms. The van der Waals surface area contributed by atoms with Gasteiger partial charge in [-0.2, -0.15) is 0 Å². The van der Waals surface area contributed by atoms with Gasteiger partial charge < -0.3 is 4.74 Å². The quantitative estimate of drug-likeness (QED) is 0.505. The Morgan fingerprint density at radius 1 is 1.00 bits per heavy atom. The normalized spacial score (nSPS) is 25.2. The van der Waals surface area contributed by atoms with Gasteiger partial charge in [0, 0.05) is 0 Å². The molecule has 2 aromatic rings. The van der Waals surface area contributed by atoms with Gasteiger partial charge in [-0.15, -0.1) is 0 Å². The lowest BCUT2D eigenvalue weighted by Gasteiger charge is -2.02. The van der Waals surface area contributed by atoms with Crippen LogP contribution in [0.25, 0.3) is 10.8 Å². The smallest absolute Gasteiger partial charge is 0.105 e. The molecule has 1 nitrogen and oxygen atoms in total. The molecule has 3 rings (SSSR count). The molecule has 1 fully saturated rings. The van der Waals surface area contributed by atoms with Crippen LogP contribution >= 0.6 is 0 Å². The summed E-state index contributed by atoms with van der Waals surface area (Å²) in [5, 5.41) is 2.57. The van der Waals surface area contributed by atoms with E-state index >= 15 is 0 Å². The Morgan fingerprint density at radius 3 is 2.50 bits per heavy atom. The molecule has 2 atom stereocenters. The van der Waals surface area contributed by atoms with Crippen LogP contribution in [0.15, 0.2) is 42.5 Å². The molecule has 1 aliphatic rings. The highest BCUT2D eigenvalue weighted by molar-refractivity contribution is 6.13. The minimum Gasteiger partial charge on any atom is -0.369 e. The van der Waals surface area contributed by atoms with E-state index in [2.05, 4.69) is 52.7 Å². The molecule has 0 spiro atoms. The minimum atomic E-state index is 0.195. The number of benzene rings is 2. The third-order valence-electron chi connectivity index (χ3n) is 2.62. The average molecular weight is 197 g/mol. The Kier molecular flexibility index (Phi) is 1.72. The van der Waals surface area contributed by atoms with Crippen LogP contribution in [0.1, 0.15) is 11.7 Å². The summed E-state index contributed by atoms with van der Waals surface area (Å²) >= 11 is 0. The van der Waals surface area contributed by atoms with Crippen LogP contribution < -0.4 is 0 Å². The molecule has 1 heterocycles. The summed E-state index contributed by atoms with van der Waals surface area (Å²) in [5.41, 5.74) is 1.48. The van der Waals surface area contributed by atoms with Gasteiger partial charge in [0.1, 0.15) is 6.10 Å². The van der Waals surface area contributed by atoms with E-state index in [4.69, 9.17) is 4.74 Å². The second-order valence-electron chi connectivity index (χ2n) is 3.55. The predicted molar refractivity (Wildman–Crippen MR) is 57.3 cm³/mol. The van der Waals surface area contributed by atoms with Gasteiger partial charge in [-0.3, -0.25) is 0 Å². The Balaban J connectivity index is 2.23. The van der Waals surface area contributed by atoms with Gasteiger partial charge in [-0.05, 0) is 16.3 Å². The third-order valence-corrected chi connectivity index (χ3v) is 3.06. The summed E-state index contributed by atoms with van der Waals surface area (Å²) < 4.78 is 5.42. The predicted octanol–water partition coefficient (Wildman–Crippen LogP) is 2.41. The van der Waals surface area contributed by atoms with Crippen molar-refractivity contribution in [2.24, 2.45) is 0 Å². The van der Waals surface area contributed by atoms with Gasteiger partial charge in [0.05, 0.1) is 16.0 Å². The van der Waals surface area contributed by atoms with Gasteiger partial charge in [0.25, 0.3) is 0 Å². The zero-order valence-electron chi connectivity index (χ0n) is 7.60. The first kappa shape index (κ1) is 8.21. The van der Waals surface area contributed by atoms with Gasteiger partial charge in [-0.25, -0.2) is 0 Å². The second kappa shape index (κ2) is 2.94. The van der Waals surface area contributed by atoms with Crippen LogP contribution in [-0.2, 0) is 4.74 Å². The molecular weight excluding hydrogens is 188 g/mol. The average Bonchev–Trinajstić information content (AvgIpc) is 2.95. The molecule has 0 saturated carbocycles. The maximum absolute atomic E-state index is 5.42. The lowest BCUT2D eigenvalue weighted by atomic mass is 10.0. The molecule has 3 radical (unpaired) electrons. The van der Waals surface area contributed by atoms with E-state index in [1.807, 2.05) is 0 Å². The second-order valence-corrected chi connectivity index (χ2v) is 4.11. The Hall–Kier alpha value is -1.12.